The van der Waals surface area contributed by atoms with Crippen LogP contribution in [0.25, 0.3) is 0 Å². The standard InChI is InChI=1S/C40H72O6/c1-4-7-10-13-16-18-19-20-21-22-23-25-27-30-33-39(42)45-36-37(35-44-38(41)32-29-26-15-12-9-6-3)46-40(43)34-31-28-24-17-14-11-8-5-2/h13,16,19-20,37H,4-12,14-15,17-18,21-36H2,1-3H3/b16-13-,20-19-. The molecule has 6 heteroatoms. The molecule has 0 spiro atoms. The predicted molar refractivity (Wildman–Crippen MR) is 192 cm³/mol. The molecule has 0 aromatic rings. The van der Waals surface area contributed by atoms with Crippen molar-refractivity contribution in [1.29, 1.82) is 0 Å². The van der Waals surface area contributed by atoms with Crippen molar-refractivity contribution >= 4 is 17.9 Å². The van der Waals surface area contributed by atoms with Gasteiger partial charge in [-0.2, -0.15) is 0 Å². The summed E-state index contributed by atoms with van der Waals surface area (Å²) in [5, 5.41) is 0. The molecule has 0 aromatic carbocycles. The summed E-state index contributed by atoms with van der Waals surface area (Å²) in [5.74, 6) is -0.907. The number of carbonyl (C=O) groups is 3. The van der Waals surface area contributed by atoms with Crippen LogP contribution in [-0.2, 0) is 28.6 Å². The van der Waals surface area contributed by atoms with Gasteiger partial charge in [0.15, 0.2) is 6.10 Å². The van der Waals surface area contributed by atoms with Crippen LogP contribution in [0.1, 0.15) is 194 Å². The van der Waals surface area contributed by atoms with E-state index in [4.69, 9.17) is 14.2 Å². The van der Waals surface area contributed by atoms with E-state index in [0.29, 0.717) is 19.3 Å². The van der Waals surface area contributed by atoms with Crippen LogP contribution in [0.5, 0.6) is 0 Å². The third-order valence-corrected chi connectivity index (χ3v) is 8.21. The van der Waals surface area contributed by atoms with Crippen LogP contribution >= 0.6 is 0 Å². The first kappa shape index (κ1) is 43.9. The van der Waals surface area contributed by atoms with Crippen molar-refractivity contribution in [1.82, 2.24) is 0 Å². The van der Waals surface area contributed by atoms with Gasteiger partial charge < -0.3 is 14.2 Å². The fraction of sp³-hybridized carbons (Fsp3) is 0.825. The molecule has 0 bridgehead atoms. The van der Waals surface area contributed by atoms with Crippen LogP contribution < -0.4 is 0 Å². The molecule has 0 aromatic heterocycles. The largest absolute Gasteiger partial charge is 0.462 e. The smallest absolute Gasteiger partial charge is 0.306 e. The summed E-state index contributed by atoms with van der Waals surface area (Å²) in [6.45, 7) is 6.47. The highest BCUT2D eigenvalue weighted by atomic mass is 16.6. The van der Waals surface area contributed by atoms with E-state index in [1.54, 1.807) is 0 Å². The molecule has 0 amide bonds. The summed E-state index contributed by atoms with van der Waals surface area (Å²) >= 11 is 0. The van der Waals surface area contributed by atoms with Crippen LogP contribution in [0.15, 0.2) is 24.3 Å². The van der Waals surface area contributed by atoms with Gasteiger partial charge in [0.05, 0.1) is 0 Å². The van der Waals surface area contributed by atoms with Gasteiger partial charge in [0.25, 0.3) is 0 Å². The van der Waals surface area contributed by atoms with E-state index in [1.807, 2.05) is 0 Å². The molecule has 0 saturated carbocycles. The highest BCUT2D eigenvalue weighted by Crippen LogP contribution is 2.13. The summed E-state index contributed by atoms with van der Waals surface area (Å²) in [4.78, 5) is 37.2. The molecule has 0 rings (SSSR count). The topological polar surface area (TPSA) is 78.9 Å². The second-order valence-electron chi connectivity index (χ2n) is 12.8. The Morgan fingerprint density at radius 3 is 1.26 bits per heavy atom. The summed E-state index contributed by atoms with van der Waals surface area (Å²) < 4.78 is 16.5. The minimum absolute atomic E-state index is 0.0747. The molecule has 0 aliphatic heterocycles. The van der Waals surface area contributed by atoms with Gasteiger partial charge in [-0.05, 0) is 44.9 Å². The van der Waals surface area contributed by atoms with Crippen LogP contribution in [-0.4, -0.2) is 37.2 Å². The van der Waals surface area contributed by atoms with Crippen molar-refractivity contribution in [3.63, 3.8) is 0 Å². The molecule has 0 N–H and O–H groups in total. The number of hydrogen-bond donors (Lipinski definition) is 0. The zero-order chi connectivity index (χ0) is 33.8. The van der Waals surface area contributed by atoms with E-state index in [9.17, 15) is 14.4 Å². The normalized spacial score (nSPS) is 12.2. The monoisotopic (exact) mass is 649 g/mol. The predicted octanol–water partition coefficient (Wildman–Crippen LogP) is 11.7. The highest BCUT2D eigenvalue weighted by molar-refractivity contribution is 5.71. The van der Waals surface area contributed by atoms with E-state index in [-0.39, 0.29) is 31.1 Å². The number of hydrogen-bond acceptors (Lipinski definition) is 6. The summed E-state index contributed by atoms with van der Waals surface area (Å²) in [5.41, 5.74) is 0. The Balaban J connectivity index is 4.30. The second kappa shape index (κ2) is 35.7. The van der Waals surface area contributed by atoms with Gasteiger partial charge in [-0.1, -0.05) is 154 Å². The molecule has 1 unspecified atom stereocenters. The second-order valence-corrected chi connectivity index (χ2v) is 12.8. The van der Waals surface area contributed by atoms with E-state index in [1.165, 1.54) is 77.0 Å². The molecule has 268 valence electrons. The average molecular weight is 649 g/mol. The number of unbranched alkanes of at least 4 members (excludes halogenated alkanes) is 19. The molecule has 1 atom stereocenters. The lowest BCUT2D eigenvalue weighted by Crippen LogP contribution is -2.30. The van der Waals surface area contributed by atoms with Crippen molar-refractivity contribution in [2.24, 2.45) is 0 Å². The zero-order valence-electron chi connectivity index (χ0n) is 30.3. The van der Waals surface area contributed by atoms with Crippen LogP contribution in [0.2, 0.25) is 0 Å². The lowest BCUT2D eigenvalue weighted by atomic mass is 10.1. The van der Waals surface area contributed by atoms with Gasteiger partial charge in [0.2, 0.25) is 0 Å². The molecular formula is C40H72O6. The maximum atomic E-state index is 12.5. The van der Waals surface area contributed by atoms with Gasteiger partial charge in [-0.25, -0.2) is 0 Å². The molecule has 46 heavy (non-hydrogen) atoms. The lowest BCUT2D eigenvalue weighted by molar-refractivity contribution is -0.167. The molecule has 0 aliphatic carbocycles. The Kier molecular flexibility index (Phi) is 34.1. The minimum Gasteiger partial charge on any atom is -0.462 e. The molecule has 0 radical (unpaired) electrons. The van der Waals surface area contributed by atoms with Crippen molar-refractivity contribution in [3.05, 3.63) is 24.3 Å². The fourth-order valence-corrected chi connectivity index (χ4v) is 5.22. The zero-order valence-corrected chi connectivity index (χ0v) is 30.3. The van der Waals surface area contributed by atoms with Gasteiger partial charge in [0, 0.05) is 19.3 Å². The van der Waals surface area contributed by atoms with Crippen LogP contribution in [0.4, 0.5) is 0 Å². The molecule has 6 nitrogen and oxygen atoms in total. The Bertz CT molecular complexity index is 759. The maximum absolute atomic E-state index is 12.5. The van der Waals surface area contributed by atoms with Crippen molar-refractivity contribution in [3.8, 4) is 0 Å². The van der Waals surface area contributed by atoms with Gasteiger partial charge in [-0.3, -0.25) is 14.4 Å². The van der Waals surface area contributed by atoms with E-state index < -0.39 is 6.10 Å². The van der Waals surface area contributed by atoms with Crippen LogP contribution in [0, 0.1) is 0 Å². The third kappa shape index (κ3) is 33.3. The van der Waals surface area contributed by atoms with E-state index >= 15 is 0 Å². The number of ether oxygens (including phenoxy) is 3. The van der Waals surface area contributed by atoms with E-state index in [0.717, 1.165) is 77.0 Å². The average Bonchev–Trinajstić information content (AvgIpc) is 3.05. The lowest BCUT2D eigenvalue weighted by Gasteiger charge is -2.18. The first-order chi connectivity index (χ1) is 22.5. The van der Waals surface area contributed by atoms with Gasteiger partial charge in [-0.15, -0.1) is 0 Å². The molecular weight excluding hydrogens is 576 g/mol. The fourth-order valence-electron chi connectivity index (χ4n) is 5.22. The molecule has 0 fully saturated rings. The molecule has 0 heterocycles. The van der Waals surface area contributed by atoms with Crippen molar-refractivity contribution in [2.75, 3.05) is 13.2 Å². The molecule has 0 aliphatic rings. The Morgan fingerprint density at radius 1 is 0.435 bits per heavy atom. The van der Waals surface area contributed by atoms with Gasteiger partial charge >= 0.3 is 17.9 Å². The first-order valence-electron chi connectivity index (χ1n) is 19.3. The Hall–Kier alpha value is -2.11. The number of carbonyl (C=O) groups excluding carboxylic acids is 3. The Labute approximate surface area is 283 Å². The Morgan fingerprint density at radius 2 is 0.804 bits per heavy atom. The maximum Gasteiger partial charge on any atom is 0.306 e. The summed E-state index contributed by atoms with van der Waals surface area (Å²) in [7, 11) is 0. The minimum atomic E-state index is -0.765. The van der Waals surface area contributed by atoms with Crippen LogP contribution in [0.3, 0.4) is 0 Å². The van der Waals surface area contributed by atoms with Crippen molar-refractivity contribution < 1.29 is 28.6 Å². The van der Waals surface area contributed by atoms with Crippen molar-refractivity contribution in [2.45, 2.75) is 200 Å². The quantitative estimate of drug-likeness (QED) is 0.0299. The summed E-state index contributed by atoms with van der Waals surface area (Å²) in [6, 6.07) is 0. The number of allylic oxidation sites excluding steroid dienone is 4. The molecule has 0 saturated heterocycles. The third-order valence-electron chi connectivity index (χ3n) is 8.21. The highest BCUT2D eigenvalue weighted by Gasteiger charge is 2.19. The first-order valence-corrected chi connectivity index (χ1v) is 19.3. The number of esters is 3. The van der Waals surface area contributed by atoms with E-state index in [2.05, 4.69) is 45.1 Å². The van der Waals surface area contributed by atoms with Gasteiger partial charge in [0.1, 0.15) is 13.2 Å². The number of rotatable bonds is 34. The SMILES string of the molecule is CCCC/C=C\C/C=C\CCCCCCCC(=O)OCC(COC(=O)CCCCCCCC)OC(=O)CCCCCCCCCC. The summed E-state index contributed by atoms with van der Waals surface area (Å²) in [6.07, 6.45) is 36.1.